The monoisotopic (exact) mass is 660 g/mol. The second-order valence-electron chi connectivity index (χ2n) is 12.7. The summed E-state index contributed by atoms with van der Waals surface area (Å²) in [6.45, 7) is 8.32. The number of carbonyl (C=O) groups is 2. The van der Waals surface area contributed by atoms with Gasteiger partial charge in [-0.2, -0.15) is 0 Å². The van der Waals surface area contributed by atoms with Gasteiger partial charge in [-0.1, -0.05) is 60.7 Å². The average Bonchev–Trinajstić information content (AvgIpc) is 3.01. The Labute approximate surface area is 287 Å². The van der Waals surface area contributed by atoms with E-state index in [1.165, 1.54) is 11.1 Å². The molecule has 244 valence electrons. The van der Waals surface area contributed by atoms with Gasteiger partial charge in [0.25, 0.3) is 11.8 Å². The van der Waals surface area contributed by atoms with Crippen LogP contribution in [0.15, 0.2) is 97.1 Å². The number of rotatable bonds is 12. The highest BCUT2D eigenvalue weighted by molar-refractivity contribution is 6.05. The molecule has 46 heavy (non-hydrogen) atoms. The number of carbonyl (C=O) groups excluding carboxylic acids is 2. The number of quaternary nitrogens is 2. The normalized spacial score (nSPS) is 11.3. The number of nitrogens with one attached hydrogen (secondary N) is 2. The van der Waals surface area contributed by atoms with Crippen LogP contribution in [0.2, 0.25) is 0 Å². The topological polar surface area (TPSA) is 58.2 Å². The van der Waals surface area contributed by atoms with Crippen molar-refractivity contribution in [3.63, 3.8) is 0 Å². The summed E-state index contributed by atoms with van der Waals surface area (Å²) in [7, 11) is 8.80. The summed E-state index contributed by atoms with van der Waals surface area (Å²) >= 11 is 0. The third kappa shape index (κ3) is 11.5. The first-order chi connectivity index (χ1) is 20.9. The van der Waals surface area contributed by atoms with Crippen molar-refractivity contribution in [2.45, 2.75) is 26.9 Å². The molecule has 0 saturated carbocycles. The maximum absolute atomic E-state index is 12.8. The first-order valence-corrected chi connectivity index (χ1v) is 15.3. The Hall–Kier alpha value is -3.94. The van der Waals surface area contributed by atoms with E-state index in [4.69, 9.17) is 0 Å². The van der Waals surface area contributed by atoms with Gasteiger partial charge in [0.05, 0.1) is 41.3 Å². The van der Waals surface area contributed by atoms with E-state index in [-0.39, 0.29) is 36.6 Å². The van der Waals surface area contributed by atoms with Gasteiger partial charge in [0.15, 0.2) is 0 Å². The molecule has 0 aliphatic rings. The molecule has 0 bridgehead atoms. The lowest BCUT2D eigenvalue weighted by Gasteiger charge is -2.28. The molecule has 6 nitrogen and oxygen atoms in total. The fraction of sp³-hybridized carbons (Fsp3) is 0.263. The van der Waals surface area contributed by atoms with Crippen molar-refractivity contribution in [1.82, 2.24) is 0 Å². The summed E-state index contributed by atoms with van der Waals surface area (Å²) in [5.74, 6) is -0.243. The van der Waals surface area contributed by atoms with Crippen molar-refractivity contribution in [1.29, 1.82) is 0 Å². The summed E-state index contributed by atoms with van der Waals surface area (Å²) in [5.41, 5.74) is 7.26. The molecular weight excluding hydrogens is 615 g/mol. The number of hydrogen-bond acceptors (Lipinski definition) is 2. The molecule has 0 aliphatic carbocycles. The molecule has 0 radical (unpaired) electrons. The molecular formula is C38H46Cl2N4O2. The van der Waals surface area contributed by atoms with E-state index < -0.39 is 0 Å². The van der Waals surface area contributed by atoms with Gasteiger partial charge in [0, 0.05) is 33.6 Å². The van der Waals surface area contributed by atoms with Crippen LogP contribution in [0.5, 0.6) is 0 Å². The SMILES string of the molecule is CC[N+](C)(C)Cc1ccc(C(=O)Nc2ccc(/C=C/c3ccc(NC(=O)c4ccc(C[N+](C)(C)CC)cc4)cc3)cc2)cc1.[Cl-].[Cl-]. The Morgan fingerprint density at radius 1 is 0.522 bits per heavy atom. The van der Waals surface area contributed by atoms with Crippen LogP contribution in [0.4, 0.5) is 11.4 Å². The zero-order chi connectivity index (χ0) is 31.7. The predicted molar refractivity (Wildman–Crippen MR) is 183 cm³/mol. The second-order valence-corrected chi connectivity index (χ2v) is 12.7. The molecule has 0 unspecified atom stereocenters. The van der Waals surface area contributed by atoms with Crippen LogP contribution in [0.3, 0.4) is 0 Å². The van der Waals surface area contributed by atoms with E-state index >= 15 is 0 Å². The first kappa shape index (κ1) is 38.2. The van der Waals surface area contributed by atoms with Crippen molar-refractivity contribution in [3.05, 3.63) is 130 Å². The Bertz CT molecular complexity index is 1460. The maximum atomic E-state index is 12.8. The highest BCUT2D eigenvalue weighted by Crippen LogP contribution is 2.18. The highest BCUT2D eigenvalue weighted by Gasteiger charge is 2.15. The molecule has 8 heteroatoms. The summed E-state index contributed by atoms with van der Waals surface area (Å²) in [6.07, 6.45) is 4.04. The zero-order valence-electron chi connectivity index (χ0n) is 27.7. The van der Waals surface area contributed by atoms with Crippen LogP contribution >= 0.6 is 0 Å². The molecule has 4 aromatic rings. The van der Waals surface area contributed by atoms with Crippen LogP contribution in [0.1, 0.15) is 56.8 Å². The van der Waals surface area contributed by atoms with Gasteiger partial charge < -0.3 is 44.4 Å². The van der Waals surface area contributed by atoms with Gasteiger partial charge in [-0.25, -0.2) is 0 Å². The van der Waals surface area contributed by atoms with Crippen molar-refractivity contribution in [2.75, 3.05) is 51.9 Å². The summed E-state index contributed by atoms with van der Waals surface area (Å²) in [6, 6.07) is 31.2. The Morgan fingerprint density at radius 3 is 1.11 bits per heavy atom. The summed E-state index contributed by atoms with van der Waals surface area (Å²) in [5, 5.41) is 5.97. The van der Waals surface area contributed by atoms with Crippen molar-refractivity contribution in [3.8, 4) is 0 Å². The van der Waals surface area contributed by atoms with Crippen LogP contribution < -0.4 is 35.4 Å². The second kappa shape index (κ2) is 17.1. The summed E-state index contributed by atoms with van der Waals surface area (Å²) in [4.78, 5) is 25.5. The molecule has 4 rings (SSSR count). The average molecular weight is 662 g/mol. The van der Waals surface area contributed by atoms with E-state index in [0.29, 0.717) is 11.1 Å². The lowest BCUT2D eigenvalue weighted by atomic mass is 10.1. The Balaban J connectivity index is 0.00000368. The number of anilines is 2. The highest BCUT2D eigenvalue weighted by atomic mass is 35.5. The first-order valence-electron chi connectivity index (χ1n) is 15.3. The molecule has 2 N–H and O–H groups in total. The van der Waals surface area contributed by atoms with E-state index in [1.54, 1.807) is 0 Å². The number of hydrogen-bond donors (Lipinski definition) is 2. The smallest absolute Gasteiger partial charge is 0.255 e. The lowest BCUT2D eigenvalue weighted by Crippen LogP contribution is -3.00. The van der Waals surface area contributed by atoms with Gasteiger partial charge in [-0.15, -0.1) is 0 Å². The van der Waals surface area contributed by atoms with Crippen molar-refractivity contribution >= 4 is 35.3 Å². The fourth-order valence-electron chi connectivity index (χ4n) is 4.69. The van der Waals surface area contributed by atoms with Crippen LogP contribution in [-0.2, 0) is 13.1 Å². The molecule has 0 atom stereocenters. The number of halogens is 2. The van der Waals surface area contributed by atoms with Gasteiger partial charge in [-0.05, 0) is 73.5 Å². The van der Waals surface area contributed by atoms with E-state index in [1.807, 2.05) is 109 Å². The maximum Gasteiger partial charge on any atom is 0.255 e. The molecule has 0 fully saturated rings. The third-order valence-corrected chi connectivity index (χ3v) is 8.17. The van der Waals surface area contributed by atoms with Crippen LogP contribution in [0, 0.1) is 0 Å². The van der Waals surface area contributed by atoms with Crippen molar-refractivity contribution < 1.29 is 43.4 Å². The van der Waals surface area contributed by atoms with Crippen LogP contribution in [-0.4, -0.2) is 62.1 Å². The minimum Gasteiger partial charge on any atom is -1.00 e. The quantitative estimate of drug-likeness (QED) is 0.179. The standard InChI is InChI=1S/C38H44N4O2.2ClH/c1-7-41(3,4)27-31-11-19-33(20-12-31)37(43)39-35-23-15-29(16-24-35)9-10-30-17-25-36(26-18-30)40-38(44)34-21-13-32(14-22-34)28-42(5,6)8-2;;/h9-26H,7-8,27-28H2,1-6H3;2*1H/b10-9+;;. The van der Waals surface area contributed by atoms with E-state index in [9.17, 15) is 9.59 Å². The van der Waals surface area contributed by atoms with Gasteiger partial charge in [0.2, 0.25) is 0 Å². The van der Waals surface area contributed by atoms with Crippen LogP contribution in [0.25, 0.3) is 12.2 Å². The van der Waals surface area contributed by atoms with E-state index in [0.717, 1.165) is 57.6 Å². The largest absolute Gasteiger partial charge is 1.00 e. The molecule has 0 saturated heterocycles. The van der Waals surface area contributed by atoms with Gasteiger partial charge in [-0.3, -0.25) is 9.59 Å². The molecule has 0 spiro atoms. The Morgan fingerprint density at radius 2 is 0.826 bits per heavy atom. The Kier molecular flexibility index (Phi) is 14.2. The fourth-order valence-corrected chi connectivity index (χ4v) is 4.69. The molecule has 0 aromatic heterocycles. The van der Waals surface area contributed by atoms with Gasteiger partial charge >= 0.3 is 0 Å². The molecule has 0 aliphatic heterocycles. The van der Waals surface area contributed by atoms with Crippen molar-refractivity contribution in [2.24, 2.45) is 0 Å². The minimum absolute atomic E-state index is 0. The molecule has 4 aromatic carbocycles. The number of benzene rings is 4. The number of nitrogens with zero attached hydrogens (tertiary/aromatic N) is 2. The third-order valence-electron chi connectivity index (χ3n) is 8.17. The minimum atomic E-state index is -0.122. The zero-order valence-corrected chi connectivity index (χ0v) is 29.2. The summed E-state index contributed by atoms with van der Waals surface area (Å²) < 4.78 is 1.81. The van der Waals surface area contributed by atoms with Gasteiger partial charge in [0.1, 0.15) is 13.1 Å². The molecule has 2 amide bonds. The predicted octanol–water partition coefficient (Wildman–Crippen LogP) is 1.56. The van der Waals surface area contributed by atoms with E-state index in [2.05, 4.69) is 52.7 Å². The number of amides is 2. The lowest BCUT2D eigenvalue weighted by molar-refractivity contribution is -0.901. The molecule has 0 heterocycles.